The molecule has 4 aliphatic rings. The first-order valence-electron chi connectivity index (χ1n) is 17.3. The number of pyridine rings is 1. The van der Waals surface area contributed by atoms with Crippen LogP contribution in [0.2, 0.25) is 0 Å². The number of likely N-dealkylation sites (tertiary alicyclic amines) is 1. The molecule has 1 aromatic carbocycles. The fraction of sp³-hybridized carbons (Fsp3) is 0.333. The number of hydrogen-bond acceptors (Lipinski definition) is 12. The number of carbonyl (C=O) groups is 5. The summed E-state index contributed by atoms with van der Waals surface area (Å²) in [5.41, 5.74) is 7.76. The lowest BCUT2D eigenvalue weighted by molar-refractivity contribution is -0.684. The molecule has 2 atom stereocenters. The van der Waals surface area contributed by atoms with Crippen LogP contribution in [0.1, 0.15) is 43.4 Å². The zero-order valence-corrected chi connectivity index (χ0v) is 30.5. The van der Waals surface area contributed by atoms with Gasteiger partial charge in [0.1, 0.15) is 34.7 Å². The summed E-state index contributed by atoms with van der Waals surface area (Å²) in [6, 6.07) is 8.89. The number of nitrogen functional groups attached to an aromatic ring is 1. The van der Waals surface area contributed by atoms with Crippen LogP contribution in [0.3, 0.4) is 0 Å². The molecule has 5 heterocycles. The Labute approximate surface area is 317 Å². The van der Waals surface area contributed by atoms with E-state index in [1.54, 1.807) is 45.4 Å². The van der Waals surface area contributed by atoms with Gasteiger partial charge in [0.2, 0.25) is 12.5 Å². The molecular formula is C36H37N8O8S2+. The number of nitrogens with one attached hydrogen (secondary N) is 2. The fourth-order valence-electron chi connectivity index (χ4n) is 6.72. The van der Waals surface area contributed by atoms with Crippen LogP contribution >= 0.6 is 23.1 Å². The maximum absolute atomic E-state index is 13.4. The number of carbonyl (C=O) groups excluding carboxylic acids is 4. The Balaban J connectivity index is 0.982. The summed E-state index contributed by atoms with van der Waals surface area (Å²) < 4.78 is 1.69. The van der Waals surface area contributed by atoms with E-state index in [9.17, 15) is 34.2 Å². The summed E-state index contributed by atoms with van der Waals surface area (Å²) in [5, 5.41) is 30.5. The highest BCUT2D eigenvalue weighted by atomic mass is 32.2. The molecule has 4 amide bonds. The topological polar surface area (TPSA) is 221 Å². The van der Waals surface area contributed by atoms with Crippen molar-refractivity contribution in [1.82, 2.24) is 20.1 Å². The van der Waals surface area contributed by atoms with Gasteiger partial charge in [-0.05, 0) is 61.4 Å². The van der Waals surface area contributed by atoms with Gasteiger partial charge in [-0.3, -0.25) is 24.1 Å². The molecule has 2 saturated heterocycles. The Bertz CT molecular complexity index is 2090. The molecule has 0 unspecified atom stereocenters. The molecule has 0 spiro atoms. The molecule has 3 fully saturated rings. The summed E-state index contributed by atoms with van der Waals surface area (Å²) in [6.07, 6.45) is 8.96. The molecule has 0 bridgehead atoms. The van der Waals surface area contributed by atoms with Crippen LogP contribution in [0, 0.1) is 0 Å². The van der Waals surface area contributed by atoms with E-state index in [2.05, 4.69) is 20.8 Å². The van der Waals surface area contributed by atoms with E-state index in [0.29, 0.717) is 36.3 Å². The maximum atomic E-state index is 13.4. The highest BCUT2D eigenvalue weighted by molar-refractivity contribution is 8.00. The minimum Gasteiger partial charge on any atom is -0.508 e. The van der Waals surface area contributed by atoms with Crippen LogP contribution in [-0.4, -0.2) is 90.1 Å². The van der Waals surface area contributed by atoms with Crippen LogP contribution in [0.25, 0.3) is 0 Å². The molecule has 7 rings (SSSR count). The van der Waals surface area contributed by atoms with Crippen molar-refractivity contribution in [2.75, 3.05) is 23.3 Å². The van der Waals surface area contributed by atoms with Crippen molar-refractivity contribution in [2.45, 2.75) is 62.7 Å². The van der Waals surface area contributed by atoms with Gasteiger partial charge in [0.25, 0.3) is 17.7 Å². The second-order valence-corrected chi connectivity index (χ2v) is 15.2. The summed E-state index contributed by atoms with van der Waals surface area (Å²) in [5.74, 6) is -2.86. The normalized spacial score (nSPS) is 21.0. The second kappa shape index (κ2) is 15.7. The monoisotopic (exact) mass is 773 g/mol. The van der Waals surface area contributed by atoms with Crippen molar-refractivity contribution < 1.29 is 43.6 Å². The Morgan fingerprint density at radius 3 is 2.63 bits per heavy atom. The smallest absolute Gasteiger partial charge is 0.352 e. The number of thioether (sulfide) groups is 1. The third kappa shape index (κ3) is 7.93. The molecule has 1 saturated carbocycles. The number of phenolic OH excluding ortho intramolecular Hbond substituents is 1. The molecule has 280 valence electrons. The number of nitrogens with zero attached hydrogens (tertiary/aromatic N) is 5. The van der Waals surface area contributed by atoms with Crippen LogP contribution in [0.15, 0.2) is 82.2 Å². The highest BCUT2D eigenvalue weighted by Gasteiger charge is 2.54. The van der Waals surface area contributed by atoms with Gasteiger partial charge >= 0.3 is 5.97 Å². The molecule has 3 aromatic rings. The van der Waals surface area contributed by atoms with Crippen LogP contribution in [-0.2, 0) is 41.9 Å². The van der Waals surface area contributed by atoms with E-state index < -0.39 is 29.2 Å². The number of β-lactam (4-membered cyclic amide) rings is 1. The number of fused-ring (bicyclic) bond motifs is 1. The number of aromatic hydroxyl groups is 1. The lowest BCUT2D eigenvalue weighted by Gasteiger charge is -2.49. The van der Waals surface area contributed by atoms with Crippen molar-refractivity contribution in [3.05, 3.63) is 88.3 Å². The quantitative estimate of drug-likeness (QED) is 0.0590. The predicted octanol–water partition coefficient (Wildman–Crippen LogP) is 2.12. The van der Waals surface area contributed by atoms with Crippen molar-refractivity contribution in [1.29, 1.82) is 0 Å². The SMILES string of the molecule is Nc1nc(C(=NOC2CCCC2)C(=O)N[C@@H]2C(=O)N3C(C(=O)O)=C(C=C4CCN(Cc5cc[n+](CC(=O)Nc6cccc(O)c6)cc5)C4=O)CS[C@H]23)cs1. The van der Waals surface area contributed by atoms with Gasteiger partial charge < -0.3 is 36.3 Å². The Morgan fingerprint density at radius 1 is 1.15 bits per heavy atom. The number of anilines is 2. The van der Waals surface area contributed by atoms with Crippen molar-refractivity contribution >= 4 is 69.2 Å². The van der Waals surface area contributed by atoms with Gasteiger partial charge in [0.15, 0.2) is 23.2 Å². The molecule has 54 heavy (non-hydrogen) atoms. The van der Waals surface area contributed by atoms with E-state index in [0.717, 1.165) is 47.5 Å². The molecule has 0 radical (unpaired) electrons. The van der Waals surface area contributed by atoms with Gasteiger partial charge in [-0.1, -0.05) is 11.2 Å². The fourth-order valence-corrected chi connectivity index (χ4v) is 8.57. The van der Waals surface area contributed by atoms with Gasteiger partial charge in [0, 0.05) is 53.7 Å². The zero-order valence-electron chi connectivity index (χ0n) is 28.8. The Morgan fingerprint density at radius 2 is 1.93 bits per heavy atom. The molecule has 1 aliphatic carbocycles. The number of carboxylic acid groups (broad SMARTS) is 1. The summed E-state index contributed by atoms with van der Waals surface area (Å²) in [7, 11) is 0. The van der Waals surface area contributed by atoms with E-state index in [1.807, 2.05) is 12.1 Å². The first-order valence-corrected chi connectivity index (χ1v) is 19.2. The van der Waals surface area contributed by atoms with E-state index in [1.165, 1.54) is 23.9 Å². The highest BCUT2D eigenvalue weighted by Crippen LogP contribution is 2.41. The summed E-state index contributed by atoms with van der Waals surface area (Å²) >= 11 is 2.42. The number of rotatable bonds is 12. The number of allylic oxidation sites excluding steroid dienone is 1. The Hall–Kier alpha value is -5.75. The molecule has 2 aromatic heterocycles. The predicted molar refractivity (Wildman–Crippen MR) is 198 cm³/mol. The summed E-state index contributed by atoms with van der Waals surface area (Å²) in [4.78, 5) is 77.9. The van der Waals surface area contributed by atoms with Crippen molar-refractivity contribution in [3.8, 4) is 5.75 Å². The Kier molecular flexibility index (Phi) is 10.6. The first-order chi connectivity index (χ1) is 26.0. The lowest BCUT2D eigenvalue weighted by Crippen LogP contribution is -2.71. The van der Waals surface area contributed by atoms with Gasteiger partial charge in [0.05, 0.1) is 0 Å². The molecule has 6 N–H and O–H groups in total. The largest absolute Gasteiger partial charge is 0.508 e. The molecule has 18 heteroatoms. The first kappa shape index (κ1) is 36.6. The van der Waals surface area contributed by atoms with Gasteiger partial charge in [-0.2, -0.15) is 4.57 Å². The second-order valence-electron chi connectivity index (χ2n) is 13.2. The number of aromatic nitrogens is 2. The van der Waals surface area contributed by atoms with Crippen molar-refractivity contribution in [2.24, 2.45) is 5.16 Å². The van der Waals surface area contributed by atoms with E-state index >= 15 is 0 Å². The van der Waals surface area contributed by atoms with Crippen molar-refractivity contribution in [3.63, 3.8) is 0 Å². The average molecular weight is 774 g/mol. The van der Waals surface area contributed by atoms with Crippen LogP contribution < -0.4 is 20.9 Å². The van der Waals surface area contributed by atoms with Gasteiger partial charge in [-0.15, -0.1) is 23.1 Å². The van der Waals surface area contributed by atoms with Crippen LogP contribution in [0.4, 0.5) is 10.8 Å². The number of benzene rings is 1. The lowest BCUT2D eigenvalue weighted by atomic mass is 10.0. The average Bonchev–Trinajstić information content (AvgIpc) is 3.90. The number of thiazole rings is 1. The zero-order chi connectivity index (χ0) is 37.9. The third-order valence-corrected chi connectivity index (χ3v) is 11.4. The number of amides is 4. The van der Waals surface area contributed by atoms with E-state index in [-0.39, 0.29) is 58.2 Å². The number of phenols is 1. The third-order valence-electron chi connectivity index (χ3n) is 9.41. The molecule has 16 nitrogen and oxygen atoms in total. The molecular weight excluding hydrogens is 737 g/mol. The summed E-state index contributed by atoms with van der Waals surface area (Å²) in [6.45, 7) is 0.780. The van der Waals surface area contributed by atoms with Crippen LogP contribution in [0.5, 0.6) is 5.75 Å². The standard InChI is InChI=1S/C36H36N8O8S2/c37-36-39-26(19-54-36)28(41-52-25-6-1-2-7-25)31(47)40-29-33(49)44-30(35(50)51)22(18-53-34(29)44)14-21-10-13-43(32(21)48)16-20-8-11-42(12-9-20)17-27(46)38-23-4-3-5-24(45)15-23/h3-5,8-9,11-12,14-15,19,25,29,34H,1-2,6-7,10,13,16-18H2,(H5-,37,38,39,40,45,46,47,50,51)/p+1/t29-,34-/m1/s1. The number of oxime groups is 1. The number of nitrogens with two attached hydrogens (primary N) is 1. The minimum absolute atomic E-state index is 0.0464. The number of carboxylic acids is 1. The maximum Gasteiger partial charge on any atom is 0.352 e. The molecule has 3 aliphatic heterocycles. The van der Waals surface area contributed by atoms with E-state index in [4.69, 9.17) is 10.6 Å². The number of hydrogen-bond donors (Lipinski definition) is 5. The number of aliphatic carboxylic acids is 1. The van der Waals surface area contributed by atoms with Gasteiger partial charge in [-0.25, -0.2) is 9.78 Å². The minimum atomic E-state index is -1.31.